The number of nitrogens with one attached hydrogen (secondary N) is 1. The van der Waals surface area contributed by atoms with Gasteiger partial charge in [0.1, 0.15) is 4.90 Å². The third-order valence-corrected chi connectivity index (χ3v) is 4.28. The van der Waals surface area contributed by atoms with E-state index < -0.39 is 10.0 Å². The van der Waals surface area contributed by atoms with Crippen molar-refractivity contribution in [3.63, 3.8) is 0 Å². The zero-order chi connectivity index (χ0) is 12.7. The minimum Gasteiger partial charge on any atom is -0.225 e. The SMILES string of the molecule is CSCCCCNS(=O)(=O)c1cnc(Cl)nc1. The van der Waals surface area contributed by atoms with Crippen LogP contribution in [-0.2, 0) is 10.0 Å². The van der Waals surface area contributed by atoms with Crippen molar-refractivity contribution in [1.82, 2.24) is 14.7 Å². The Morgan fingerprint density at radius 1 is 1.35 bits per heavy atom. The molecule has 0 atom stereocenters. The molecule has 0 saturated heterocycles. The minimum atomic E-state index is -3.50. The molecule has 0 aliphatic rings. The van der Waals surface area contributed by atoms with Gasteiger partial charge in [0.15, 0.2) is 0 Å². The average Bonchev–Trinajstić information content (AvgIpc) is 2.29. The van der Waals surface area contributed by atoms with Gasteiger partial charge in [0.25, 0.3) is 0 Å². The summed E-state index contributed by atoms with van der Waals surface area (Å²) in [6.07, 6.45) is 6.21. The van der Waals surface area contributed by atoms with Crippen LogP contribution < -0.4 is 4.72 Å². The molecular formula is C9H14ClN3O2S2. The molecule has 0 aliphatic heterocycles. The Bertz CT molecular complexity index is 436. The van der Waals surface area contributed by atoms with E-state index in [-0.39, 0.29) is 10.2 Å². The molecule has 1 heterocycles. The zero-order valence-electron chi connectivity index (χ0n) is 9.39. The Hall–Kier alpha value is -0.370. The van der Waals surface area contributed by atoms with Crippen molar-refractivity contribution in [1.29, 1.82) is 0 Å². The van der Waals surface area contributed by atoms with Crippen molar-refractivity contribution in [3.8, 4) is 0 Å². The van der Waals surface area contributed by atoms with Crippen molar-refractivity contribution in [2.24, 2.45) is 0 Å². The lowest BCUT2D eigenvalue weighted by Crippen LogP contribution is -2.25. The van der Waals surface area contributed by atoms with Crippen LogP contribution in [-0.4, -0.2) is 36.9 Å². The van der Waals surface area contributed by atoms with Gasteiger partial charge in [-0.2, -0.15) is 11.8 Å². The normalized spacial score (nSPS) is 11.6. The highest BCUT2D eigenvalue weighted by atomic mass is 35.5. The molecule has 1 rings (SSSR count). The predicted molar refractivity (Wildman–Crippen MR) is 69.8 cm³/mol. The number of hydrogen-bond acceptors (Lipinski definition) is 5. The number of unbranched alkanes of at least 4 members (excludes halogenated alkanes) is 1. The molecule has 0 spiro atoms. The zero-order valence-corrected chi connectivity index (χ0v) is 11.8. The first-order valence-corrected chi connectivity index (χ1v) is 8.28. The second-order valence-corrected chi connectivity index (χ2v) is 6.38. The van der Waals surface area contributed by atoms with Crippen molar-refractivity contribution in [3.05, 3.63) is 17.7 Å². The molecule has 1 aromatic rings. The lowest BCUT2D eigenvalue weighted by atomic mass is 10.3. The van der Waals surface area contributed by atoms with Crippen molar-refractivity contribution in [2.75, 3.05) is 18.6 Å². The molecule has 0 unspecified atom stereocenters. The van der Waals surface area contributed by atoms with E-state index in [2.05, 4.69) is 14.7 Å². The van der Waals surface area contributed by atoms with E-state index in [0.29, 0.717) is 6.54 Å². The Morgan fingerprint density at radius 2 is 2.00 bits per heavy atom. The summed E-state index contributed by atoms with van der Waals surface area (Å²) in [6, 6.07) is 0. The first-order chi connectivity index (χ1) is 8.06. The Kier molecular flexibility index (Phi) is 6.18. The van der Waals surface area contributed by atoms with Crippen LogP contribution in [0.3, 0.4) is 0 Å². The topological polar surface area (TPSA) is 72.0 Å². The van der Waals surface area contributed by atoms with Gasteiger partial charge in [0.05, 0.1) is 12.4 Å². The quantitative estimate of drug-likeness (QED) is 0.610. The highest BCUT2D eigenvalue weighted by Crippen LogP contribution is 2.07. The highest BCUT2D eigenvalue weighted by molar-refractivity contribution is 7.98. The molecule has 1 N–H and O–H groups in total. The first-order valence-electron chi connectivity index (χ1n) is 5.02. The van der Waals surface area contributed by atoms with Gasteiger partial charge in [-0.15, -0.1) is 0 Å². The maximum atomic E-state index is 11.7. The van der Waals surface area contributed by atoms with Crippen LogP contribution in [0.5, 0.6) is 0 Å². The molecule has 0 fully saturated rings. The molecular weight excluding hydrogens is 282 g/mol. The summed E-state index contributed by atoms with van der Waals surface area (Å²) in [5.74, 6) is 1.03. The largest absolute Gasteiger partial charge is 0.243 e. The number of sulfonamides is 1. The fraction of sp³-hybridized carbons (Fsp3) is 0.556. The van der Waals surface area contributed by atoms with E-state index >= 15 is 0 Å². The Labute approximate surface area is 110 Å². The lowest BCUT2D eigenvalue weighted by molar-refractivity contribution is 0.577. The summed E-state index contributed by atoms with van der Waals surface area (Å²) in [6.45, 7) is 0.422. The first kappa shape index (κ1) is 14.7. The maximum Gasteiger partial charge on any atom is 0.243 e. The van der Waals surface area contributed by atoms with E-state index in [1.54, 1.807) is 11.8 Å². The summed E-state index contributed by atoms with van der Waals surface area (Å²) >= 11 is 7.23. The molecule has 0 aliphatic carbocycles. The van der Waals surface area contributed by atoms with Gasteiger partial charge in [-0.05, 0) is 36.5 Å². The van der Waals surface area contributed by atoms with E-state index in [1.165, 1.54) is 12.4 Å². The molecule has 8 heteroatoms. The molecule has 17 heavy (non-hydrogen) atoms. The van der Waals surface area contributed by atoms with Gasteiger partial charge in [-0.3, -0.25) is 0 Å². The third kappa shape index (κ3) is 5.20. The lowest BCUT2D eigenvalue weighted by Gasteiger charge is -2.05. The second kappa shape index (κ2) is 7.15. The number of halogens is 1. The summed E-state index contributed by atoms with van der Waals surface area (Å²) < 4.78 is 26.0. The smallest absolute Gasteiger partial charge is 0.225 e. The van der Waals surface area contributed by atoms with Gasteiger partial charge in [-0.25, -0.2) is 23.1 Å². The summed E-state index contributed by atoms with van der Waals surface area (Å²) in [7, 11) is -3.50. The summed E-state index contributed by atoms with van der Waals surface area (Å²) in [4.78, 5) is 7.30. The molecule has 0 bridgehead atoms. The van der Waals surface area contributed by atoms with Gasteiger partial charge in [-0.1, -0.05) is 0 Å². The summed E-state index contributed by atoms with van der Waals surface area (Å²) in [5, 5.41) is 0.0314. The molecule has 0 radical (unpaired) electrons. The molecule has 96 valence electrons. The van der Waals surface area contributed by atoms with Crippen LogP contribution in [0.4, 0.5) is 0 Å². The fourth-order valence-corrected chi connectivity index (χ4v) is 2.65. The van der Waals surface area contributed by atoms with E-state index in [0.717, 1.165) is 18.6 Å². The minimum absolute atomic E-state index is 0.0314. The standard InChI is InChI=1S/C9H14ClN3O2S2/c1-16-5-3-2-4-13-17(14,15)8-6-11-9(10)12-7-8/h6-7,13H,2-5H2,1H3. The monoisotopic (exact) mass is 295 g/mol. The molecule has 0 amide bonds. The van der Waals surface area contributed by atoms with Crippen LogP contribution in [0, 0.1) is 0 Å². The number of thioether (sulfide) groups is 1. The van der Waals surface area contributed by atoms with E-state index in [1.807, 2.05) is 6.26 Å². The van der Waals surface area contributed by atoms with Gasteiger partial charge < -0.3 is 0 Å². The van der Waals surface area contributed by atoms with Crippen molar-refractivity contribution in [2.45, 2.75) is 17.7 Å². The van der Waals surface area contributed by atoms with Gasteiger partial charge in [0, 0.05) is 6.54 Å². The summed E-state index contributed by atoms with van der Waals surface area (Å²) in [5.41, 5.74) is 0. The number of rotatable bonds is 7. The van der Waals surface area contributed by atoms with Crippen LogP contribution >= 0.6 is 23.4 Å². The highest BCUT2D eigenvalue weighted by Gasteiger charge is 2.13. The number of hydrogen-bond donors (Lipinski definition) is 1. The van der Waals surface area contributed by atoms with Crippen LogP contribution in [0.15, 0.2) is 17.3 Å². The molecule has 5 nitrogen and oxygen atoms in total. The Balaban J connectivity index is 2.48. The maximum absolute atomic E-state index is 11.7. The molecule has 0 saturated carbocycles. The Morgan fingerprint density at radius 3 is 2.59 bits per heavy atom. The van der Waals surface area contributed by atoms with E-state index in [9.17, 15) is 8.42 Å². The average molecular weight is 296 g/mol. The van der Waals surface area contributed by atoms with Crippen LogP contribution in [0.25, 0.3) is 0 Å². The second-order valence-electron chi connectivity index (χ2n) is 3.29. The van der Waals surface area contributed by atoms with Crippen LogP contribution in [0.1, 0.15) is 12.8 Å². The predicted octanol–water partition coefficient (Wildman–Crippen LogP) is 1.55. The molecule has 1 aromatic heterocycles. The van der Waals surface area contributed by atoms with E-state index in [4.69, 9.17) is 11.6 Å². The van der Waals surface area contributed by atoms with Gasteiger partial charge >= 0.3 is 0 Å². The molecule has 0 aromatic carbocycles. The third-order valence-electron chi connectivity index (χ3n) is 1.97. The van der Waals surface area contributed by atoms with Crippen LogP contribution in [0.2, 0.25) is 5.28 Å². The number of aromatic nitrogens is 2. The fourth-order valence-electron chi connectivity index (χ4n) is 1.10. The van der Waals surface area contributed by atoms with Crippen molar-refractivity contribution < 1.29 is 8.42 Å². The van der Waals surface area contributed by atoms with Gasteiger partial charge in [0.2, 0.25) is 15.3 Å². The van der Waals surface area contributed by atoms with Crippen molar-refractivity contribution >= 4 is 33.4 Å². The number of nitrogens with zero attached hydrogens (tertiary/aromatic N) is 2.